The number of benzene rings is 1. The fraction of sp³-hybridized carbons (Fsp3) is 0.200. The molecule has 1 aliphatic heterocycles. The Balaban J connectivity index is 1.63. The smallest absolute Gasteiger partial charge is 0.341 e. The summed E-state index contributed by atoms with van der Waals surface area (Å²) in [5.41, 5.74) is 3.46. The molecule has 0 spiro atoms. The summed E-state index contributed by atoms with van der Waals surface area (Å²) in [6.45, 7) is 3.33. The minimum Gasteiger partial charge on any atom is -0.462 e. The van der Waals surface area contributed by atoms with Crippen molar-refractivity contribution < 1.29 is 9.53 Å². The van der Waals surface area contributed by atoms with E-state index in [9.17, 15) is 4.79 Å². The van der Waals surface area contributed by atoms with Gasteiger partial charge in [-0.2, -0.15) is 0 Å². The topological polar surface area (TPSA) is 68.2 Å². The Labute approximate surface area is 151 Å². The van der Waals surface area contributed by atoms with Crippen LogP contribution in [0.25, 0.3) is 11.4 Å². The van der Waals surface area contributed by atoms with E-state index in [0.717, 1.165) is 16.8 Å². The lowest BCUT2D eigenvalue weighted by Gasteiger charge is -2.18. The van der Waals surface area contributed by atoms with Gasteiger partial charge >= 0.3 is 5.97 Å². The van der Waals surface area contributed by atoms with Crippen molar-refractivity contribution in [2.75, 3.05) is 11.5 Å². The van der Waals surface area contributed by atoms with Gasteiger partial charge in [-0.15, -0.1) is 0 Å². The lowest BCUT2D eigenvalue weighted by atomic mass is 10.2. The molecular formula is C20H18N4O2. The highest BCUT2D eigenvalue weighted by Crippen LogP contribution is 2.29. The predicted molar refractivity (Wildman–Crippen MR) is 97.5 cm³/mol. The number of aromatic nitrogens is 3. The number of hydrogen-bond donors (Lipinski definition) is 0. The average Bonchev–Trinajstić information content (AvgIpc) is 3.12. The van der Waals surface area contributed by atoms with E-state index in [4.69, 9.17) is 9.72 Å². The second-order valence-corrected chi connectivity index (χ2v) is 5.98. The molecule has 26 heavy (non-hydrogen) atoms. The third-order valence-electron chi connectivity index (χ3n) is 4.27. The third-order valence-corrected chi connectivity index (χ3v) is 4.27. The van der Waals surface area contributed by atoms with E-state index in [1.807, 2.05) is 41.4 Å². The van der Waals surface area contributed by atoms with Crippen LogP contribution in [0.3, 0.4) is 0 Å². The number of anilines is 1. The molecule has 1 aliphatic rings. The van der Waals surface area contributed by atoms with Crippen LogP contribution in [0, 0.1) is 0 Å². The summed E-state index contributed by atoms with van der Waals surface area (Å²) in [5, 5.41) is 0. The molecular weight excluding hydrogens is 328 g/mol. The minimum absolute atomic E-state index is 0.333. The van der Waals surface area contributed by atoms with Crippen molar-refractivity contribution in [3.05, 3.63) is 71.7 Å². The molecule has 0 saturated carbocycles. The SMILES string of the molecule is CCOC(=O)c1cccnc1N1Cc2cnc(-c3ccccc3)nc2C1. The fourth-order valence-electron chi connectivity index (χ4n) is 3.05. The van der Waals surface area contributed by atoms with E-state index in [-0.39, 0.29) is 5.97 Å². The molecule has 0 radical (unpaired) electrons. The van der Waals surface area contributed by atoms with Gasteiger partial charge in [0.05, 0.1) is 18.8 Å². The van der Waals surface area contributed by atoms with Crippen molar-refractivity contribution in [1.82, 2.24) is 15.0 Å². The van der Waals surface area contributed by atoms with Gasteiger partial charge in [0, 0.05) is 30.1 Å². The zero-order chi connectivity index (χ0) is 17.9. The summed E-state index contributed by atoms with van der Waals surface area (Å²) in [6, 6.07) is 13.4. The highest BCUT2D eigenvalue weighted by atomic mass is 16.5. The van der Waals surface area contributed by atoms with Crippen LogP contribution in [0.4, 0.5) is 5.82 Å². The summed E-state index contributed by atoms with van der Waals surface area (Å²) in [4.78, 5) is 27.8. The van der Waals surface area contributed by atoms with E-state index < -0.39 is 0 Å². The van der Waals surface area contributed by atoms with Gasteiger partial charge in [0.2, 0.25) is 0 Å². The van der Waals surface area contributed by atoms with Gasteiger partial charge in [0.1, 0.15) is 11.4 Å². The first-order chi connectivity index (χ1) is 12.8. The monoisotopic (exact) mass is 346 g/mol. The molecule has 4 rings (SSSR count). The Kier molecular flexibility index (Phi) is 4.31. The molecule has 6 heteroatoms. The lowest BCUT2D eigenvalue weighted by Crippen LogP contribution is -2.20. The maximum absolute atomic E-state index is 12.2. The molecule has 130 valence electrons. The molecule has 1 aromatic carbocycles. The number of rotatable bonds is 4. The molecule has 0 amide bonds. The Morgan fingerprint density at radius 3 is 2.77 bits per heavy atom. The normalized spacial score (nSPS) is 12.7. The Morgan fingerprint density at radius 1 is 1.12 bits per heavy atom. The van der Waals surface area contributed by atoms with E-state index in [0.29, 0.717) is 36.9 Å². The van der Waals surface area contributed by atoms with E-state index >= 15 is 0 Å². The molecule has 3 aromatic rings. The van der Waals surface area contributed by atoms with Crippen molar-refractivity contribution in [1.29, 1.82) is 0 Å². The molecule has 0 N–H and O–H groups in total. The largest absolute Gasteiger partial charge is 0.462 e. The molecule has 0 fully saturated rings. The van der Waals surface area contributed by atoms with Crippen LogP contribution in [0.1, 0.15) is 28.5 Å². The molecule has 6 nitrogen and oxygen atoms in total. The van der Waals surface area contributed by atoms with Gasteiger partial charge in [0.25, 0.3) is 0 Å². The first kappa shape index (κ1) is 16.2. The van der Waals surface area contributed by atoms with Crippen molar-refractivity contribution in [3.63, 3.8) is 0 Å². The van der Waals surface area contributed by atoms with Crippen LogP contribution < -0.4 is 4.90 Å². The van der Waals surface area contributed by atoms with E-state index in [1.165, 1.54) is 0 Å². The van der Waals surface area contributed by atoms with Gasteiger partial charge < -0.3 is 9.64 Å². The average molecular weight is 346 g/mol. The van der Waals surface area contributed by atoms with Gasteiger partial charge in [-0.3, -0.25) is 0 Å². The van der Waals surface area contributed by atoms with Crippen molar-refractivity contribution >= 4 is 11.8 Å². The van der Waals surface area contributed by atoms with Crippen molar-refractivity contribution in [2.24, 2.45) is 0 Å². The summed E-state index contributed by atoms with van der Waals surface area (Å²) in [5.74, 6) is 0.964. The molecule has 0 unspecified atom stereocenters. The van der Waals surface area contributed by atoms with Gasteiger partial charge in [0.15, 0.2) is 5.82 Å². The van der Waals surface area contributed by atoms with Crippen molar-refractivity contribution in [2.45, 2.75) is 20.0 Å². The number of esters is 1. The number of nitrogens with zero attached hydrogens (tertiary/aromatic N) is 4. The van der Waals surface area contributed by atoms with Crippen LogP contribution in [-0.4, -0.2) is 27.5 Å². The first-order valence-electron chi connectivity index (χ1n) is 8.53. The molecule has 3 heterocycles. The minimum atomic E-state index is -0.359. The highest BCUT2D eigenvalue weighted by molar-refractivity contribution is 5.94. The van der Waals surface area contributed by atoms with Crippen LogP contribution in [-0.2, 0) is 17.8 Å². The van der Waals surface area contributed by atoms with Gasteiger partial charge in [-0.1, -0.05) is 30.3 Å². The van der Waals surface area contributed by atoms with Crippen LogP contribution in [0.2, 0.25) is 0 Å². The molecule has 2 aromatic heterocycles. The summed E-state index contributed by atoms with van der Waals surface area (Å²) in [6.07, 6.45) is 3.54. The summed E-state index contributed by atoms with van der Waals surface area (Å²) < 4.78 is 5.15. The molecule has 0 bridgehead atoms. The van der Waals surface area contributed by atoms with E-state index in [2.05, 4.69) is 9.97 Å². The van der Waals surface area contributed by atoms with Crippen LogP contribution >= 0.6 is 0 Å². The maximum atomic E-state index is 12.2. The number of pyridine rings is 1. The Morgan fingerprint density at radius 2 is 1.96 bits per heavy atom. The summed E-state index contributed by atoms with van der Waals surface area (Å²) in [7, 11) is 0. The van der Waals surface area contributed by atoms with Gasteiger partial charge in [-0.05, 0) is 19.1 Å². The quantitative estimate of drug-likeness (QED) is 0.676. The second kappa shape index (κ2) is 6.92. The number of hydrogen-bond acceptors (Lipinski definition) is 6. The lowest BCUT2D eigenvalue weighted by molar-refractivity contribution is 0.0526. The zero-order valence-electron chi connectivity index (χ0n) is 14.4. The van der Waals surface area contributed by atoms with E-state index in [1.54, 1.807) is 25.3 Å². The number of carbonyl (C=O) groups is 1. The molecule has 0 atom stereocenters. The highest BCUT2D eigenvalue weighted by Gasteiger charge is 2.26. The van der Waals surface area contributed by atoms with Gasteiger partial charge in [-0.25, -0.2) is 19.7 Å². The Hall–Kier alpha value is -3.28. The van der Waals surface area contributed by atoms with Crippen LogP contribution in [0.15, 0.2) is 54.9 Å². The zero-order valence-corrected chi connectivity index (χ0v) is 14.4. The number of carbonyl (C=O) groups excluding carboxylic acids is 1. The van der Waals surface area contributed by atoms with Crippen molar-refractivity contribution in [3.8, 4) is 11.4 Å². The fourth-order valence-corrected chi connectivity index (χ4v) is 3.05. The van der Waals surface area contributed by atoms with Crippen LogP contribution in [0.5, 0.6) is 0 Å². The standard InChI is InChI=1S/C20H18N4O2/c1-2-26-20(25)16-9-6-10-21-19(16)24-12-15-11-22-18(23-17(15)13-24)14-7-4-3-5-8-14/h3-11H,2,12-13H2,1H3. The third kappa shape index (κ3) is 3.01. The maximum Gasteiger partial charge on any atom is 0.341 e. The molecule has 0 aliphatic carbocycles. The number of ether oxygens (including phenoxy) is 1. The number of fused-ring (bicyclic) bond motifs is 1. The second-order valence-electron chi connectivity index (χ2n) is 5.98. The summed E-state index contributed by atoms with van der Waals surface area (Å²) >= 11 is 0. The predicted octanol–water partition coefficient (Wildman–Crippen LogP) is 3.24. The first-order valence-corrected chi connectivity index (χ1v) is 8.53. The Bertz CT molecular complexity index is 944. The molecule has 0 saturated heterocycles.